The highest BCUT2D eigenvalue weighted by Crippen LogP contribution is 2.17. The van der Waals surface area contributed by atoms with E-state index >= 15 is 0 Å². The molecule has 0 amide bonds. The standard InChI is InChI=1S/C14H22F2N2/c1-3-4-5-8-18(2)10-14(17)12-7-6-11(15)9-13(12)16/h6-7,9,14H,3-5,8,10,17H2,1-2H3. The molecule has 18 heavy (non-hydrogen) atoms. The zero-order valence-corrected chi connectivity index (χ0v) is 11.1. The number of hydrogen-bond acceptors (Lipinski definition) is 2. The van der Waals surface area contributed by atoms with Crippen molar-refractivity contribution in [2.24, 2.45) is 5.73 Å². The van der Waals surface area contributed by atoms with Crippen LogP contribution in [0.2, 0.25) is 0 Å². The molecule has 0 aromatic heterocycles. The van der Waals surface area contributed by atoms with E-state index in [-0.39, 0.29) is 0 Å². The lowest BCUT2D eigenvalue weighted by molar-refractivity contribution is 0.302. The molecule has 2 N–H and O–H groups in total. The van der Waals surface area contributed by atoms with Gasteiger partial charge in [0.1, 0.15) is 11.6 Å². The van der Waals surface area contributed by atoms with Crippen LogP contribution in [0.5, 0.6) is 0 Å². The van der Waals surface area contributed by atoms with Crippen LogP contribution in [-0.4, -0.2) is 25.0 Å². The minimum Gasteiger partial charge on any atom is -0.323 e. The van der Waals surface area contributed by atoms with Crippen molar-refractivity contribution in [1.29, 1.82) is 0 Å². The molecule has 0 spiro atoms. The Morgan fingerprint density at radius 2 is 2.00 bits per heavy atom. The molecule has 0 radical (unpaired) electrons. The molecule has 1 rings (SSSR count). The Kier molecular flexibility index (Phi) is 6.22. The number of rotatable bonds is 7. The third-order valence-corrected chi connectivity index (χ3v) is 3.01. The largest absolute Gasteiger partial charge is 0.323 e. The predicted octanol–water partition coefficient (Wildman–Crippen LogP) is 3.09. The van der Waals surface area contributed by atoms with Crippen LogP contribution in [-0.2, 0) is 0 Å². The molecule has 0 heterocycles. The molecule has 0 aliphatic heterocycles. The summed E-state index contributed by atoms with van der Waals surface area (Å²) in [5.74, 6) is -1.13. The summed E-state index contributed by atoms with van der Waals surface area (Å²) in [6, 6.07) is 3.13. The average Bonchev–Trinajstić information content (AvgIpc) is 2.28. The number of nitrogens with zero attached hydrogens (tertiary/aromatic N) is 1. The van der Waals surface area contributed by atoms with E-state index in [1.54, 1.807) is 0 Å². The summed E-state index contributed by atoms with van der Waals surface area (Å²) in [5, 5.41) is 0. The highest BCUT2D eigenvalue weighted by atomic mass is 19.1. The van der Waals surface area contributed by atoms with Gasteiger partial charge in [0.05, 0.1) is 0 Å². The molecule has 0 saturated heterocycles. The lowest BCUT2D eigenvalue weighted by atomic mass is 10.1. The number of halogens is 2. The molecule has 0 fully saturated rings. The molecule has 0 bridgehead atoms. The van der Waals surface area contributed by atoms with Crippen LogP contribution in [0.4, 0.5) is 8.78 Å². The Morgan fingerprint density at radius 1 is 1.28 bits per heavy atom. The van der Waals surface area contributed by atoms with Crippen molar-refractivity contribution in [1.82, 2.24) is 4.90 Å². The van der Waals surface area contributed by atoms with E-state index in [2.05, 4.69) is 11.8 Å². The molecule has 0 aliphatic rings. The van der Waals surface area contributed by atoms with Gasteiger partial charge in [0.15, 0.2) is 0 Å². The summed E-state index contributed by atoms with van der Waals surface area (Å²) in [6.07, 6.45) is 3.47. The Bertz CT molecular complexity index is 369. The minimum absolute atomic E-state index is 0.374. The fraction of sp³-hybridized carbons (Fsp3) is 0.571. The van der Waals surface area contributed by atoms with Gasteiger partial charge in [0, 0.05) is 24.2 Å². The first-order valence-electron chi connectivity index (χ1n) is 6.43. The Balaban J connectivity index is 2.51. The van der Waals surface area contributed by atoms with Crippen molar-refractivity contribution in [2.75, 3.05) is 20.1 Å². The second kappa shape index (κ2) is 7.44. The first-order chi connectivity index (χ1) is 8.54. The van der Waals surface area contributed by atoms with Gasteiger partial charge < -0.3 is 10.6 Å². The SMILES string of the molecule is CCCCCN(C)CC(N)c1ccc(F)cc1F. The van der Waals surface area contributed by atoms with Gasteiger partial charge in [0.2, 0.25) is 0 Å². The molecular formula is C14H22F2N2. The third-order valence-electron chi connectivity index (χ3n) is 3.01. The van der Waals surface area contributed by atoms with Crippen LogP contribution < -0.4 is 5.73 Å². The van der Waals surface area contributed by atoms with Crippen molar-refractivity contribution < 1.29 is 8.78 Å². The molecule has 0 saturated carbocycles. The van der Waals surface area contributed by atoms with Crippen LogP contribution in [0, 0.1) is 11.6 Å². The normalized spacial score (nSPS) is 13.0. The number of hydrogen-bond donors (Lipinski definition) is 1. The first-order valence-corrected chi connectivity index (χ1v) is 6.43. The molecule has 102 valence electrons. The van der Waals surface area contributed by atoms with Gasteiger partial charge in [-0.05, 0) is 26.1 Å². The minimum atomic E-state index is -0.570. The van der Waals surface area contributed by atoms with E-state index in [0.717, 1.165) is 19.0 Å². The molecule has 1 aromatic carbocycles. The van der Waals surface area contributed by atoms with Crippen LogP contribution >= 0.6 is 0 Å². The fourth-order valence-electron chi connectivity index (χ4n) is 1.96. The molecule has 2 nitrogen and oxygen atoms in total. The molecular weight excluding hydrogens is 234 g/mol. The maximum atomic E-state index is 13.5. The second-order valence-corrected chi connectivity index (χ2v) is 4.74. The molecule has 1 aromatic rings. The van der Waals surface area contributed by atoms with Crippen LogP contribution in [0.15, 0.2) is 18.2 Å². The summed E-state index contributed by atoms with van der Waals surface area (Å²) in [6.45, 7) is 3.68. The average molecular weight is 256 g/mol. The molecule has 1 atom stereocenters. The highest BCUT2D eigenvalue weighted by molar-refractivity contribution is 5.22. The van der Waals surface area contributed by atoms with E-state index in [4.69, 9.17) is 5.73 Å². The first kappa shape index (κ1) is 15.1. The lowest BCUT2D eigenvalue weighted by Crippen LogP contribution is -2.30. The van der Waals surface area contributed by atoms with Gasteiger partial charge in [-0.1, -0.05) is 25.8 Å². The quantitative estimate of drug-likeness (QED) is 0.760. The zero-order chi connectivity index (χ0) is 13.5. The maximum Gasteiger partial charge on any atom is 0.130 e. The summed E-state index contributed by atoms with van der Waals surface area (Å²) in [7, 11) is 1.97. The molecule has 0 aliphatic carbocycles. The zero-order valence-electron chi connectivity index (χ0n) is 11.1. The van der Waals surface area contributed by atoms with Gasteiger partial charge in [-0.3, -0.25) is 0 Å². The van der Waals surface area contributed by atoms with Crippen molar-refractivity contribution in [3.8, 4) is 0 Å². The summed E-state index contributed by atoms with van der Waals surface area (Å²) in [4.78, 5) is 2.09. The monoisotopic (exact) mass is 256 g/mol. The summed E-state index contributed by atoms with van der Waals surface area (Å²) < 4.78 is 26.3. The smallest absolute Gasteiger partial charge is 0.130 e. The van der Waals surface area contributed by atoms with Gasteiger partial charge in [-0.2, -0.15) is 0 Å². The number of benzene rings is 1. The van der Waals surface area contributed by atoms with Crippen LogP contribution in [0.3, 0.4) is 0 Å². The van der Waals surface area contributed by atoms with Crippen molar-refractivity contribution in [3.05, 3.63) is 35.4 Å². The van der Waals surface area contributed by atoms with Crippen molar-refractivity contribution >= 4 is 0 Å². The highest BCUT2D eigenvalue weighted by Gasteiger charge is 2.14. The lowest BCUT2D eigenvalue weighted by Gasteiger charge is -2.21. The number of unbranched alkanes of at least 4 members (excludes halogenated alkanes) is 2. The van der Waals surface area contributed by atoms with E-state index in [9.17, 15) is 8.78 Å². The van der Waals surface area contributed by atoms with Gasteiger partial charge in [-0.15, -0.1) is 0 Å². The van der Waals surface area contributed by atoms with E-state index in [1.165, 1.54) is 25.0 Å². The molecule has 4 heteroatoms. The second-order valence-electron chi connectivity index (χ2n) is 4.74. The predicted molar refractivity (Wildman–Crippen MR) is 70.3 cm³/mol. The van der Waals surface area contributed by atoms with Crippen molar-refractivity contribution in [3.63, 3.8) is 0 Å². The van der Waals surface area contributed by atoms with E-state index in [0.29, 0.717) is 12.1 Å². The molecule has 1 unspecified atom stereocenters. The Labute approximate surface area is 108 Å². The van der Waals surface area contributed by atoms with Crippen LogP contribution in [0.25, 0.3) is 0 Å². The topological polar surface area (TPSA) is 29.3 Å². The number of nitrogens with two attached hydrogens (primary N) is 1. The maximum absolute atomic E-state index is 13.5. The van der Waals surface area contributed by atoms with Crippen LogP contribution in [0.1, 0.15) is 37.8 Å². The Hall–Kier alpha value is -1.00. The van der Waals surface area contributed by atoms with E-state index in [1.807, 2.05) is 7.05 Å². The third kappa shape index (κ3) is 4.70. The summed E-state index contributed by atoms with van der Waals surface area (Å²) in [5.41, 5.74) is 6.32. The van der Waals surface area contributed by atoms with Gasteiger partial charge >= 0.3 is 0 Å². The summed E-state index contributed by atoms with van der Waals surface area (Å²) >= 11 is 0. The van der Waals surface area contributed by atoms with Crippen molar-refractivity contribution in [2.45, 2.75) is 32.2 Å². The Morgan fingerprint density at radius 3 is 2.61 bits per heavy atom. The number of likely N-dealkylation sites (N-methyl/N-ethyl adjacent to an activating group) is 1. The van der Waals surface area contributed by atoms with E-state index < -0.39 is 17.7 Å². The fourth-order valence-corrected chi connectivity index (χ4v) is 1.96. The van der Waals surface area contributed by atoms with Gasteiger partial charge in [-0.25, -0.2) is 8.78 Å². The van der Waals surface area contributed by atoms with Gasteiger partial charge in [0.25, 0.3) is 0 Å².